The number of rotatable bonds is 12. The van der Waals surface area contributed by atoms with Gasteiger partial charge in [-0.2, -0.15) is 0 Å². The van der Waals surface area contributed by atoms with Gasteiger partial charge in [-0.25, -0.2) is 0 Å². The molecule has 3 aromatic carbocycles. The number of fused-ring (bicyclic) bond motifs is 2. The van der Waals surface area contributed by atoms with Gasteiger partial charge in [0.05, 0.1) is 57.5 Å². The number of epoxide rings is 2. The zero-order valence-electron chi connectivity index (χ0n) is 51.1. The van der Waals surface area contributed by atoms with Crippen LogP contribution >= 0.6 is 0 Å². The lowest BCUT2D eigenvalue weighted by atomic mass is 9.45. The van der Waals surface area contributed by atoms with Gasteiger partial charge in [0.15, 0.2) is 0 Å². The highest BCUT2D eigenvalue weighted by Crippen LogP contribution is 2.61. The van der Waals surface area contributed by atoms with E-state index in [9.17, 15) is 28.8 Å². The van der Waals surface area contributed by atoms with Crippen LogP contribution in [0.15, 0.2) is 97.0 Å². The number of nitrogens with zero attached hydrogens (tertiary/aromatic N) is 3. The summed E-state index contributed by atoms with van der Waals surface area (Å²) in [6.07, 6.45) is 16.8. The molecule has 3 aromatic rings. The maximum atomic E-state index is 12.8. The Kier molecular flexibility index (Phi) is 19.2. The lowest BCUT2D eigenvalue weighted by molar-refractivity contribution is -0.152. The molecule has 86 heavy (non-hydrogen) atoms. The Morgan fingerprint density at radius 3 is 1.50 bits per heavy atom. The predicted octanol–water partition coefficient (Wildman–Crippen LogP) is 9.87. The Balaban J connectivity index is 0.000000155. The fraction of sp³-hybridized carbons (Fsp3) is 0.561. The van der Waals surface area contributed by atoms with Crippen molar-refractivity contribution in [1.82, 2.24) is 14.7 Å². The van der Waals surface area contributed by atoms with Gasteiger partial charge >= 0.3 is 19.7 Å². The van der Waals surface area contributed by atoms with E-state index in [1.165, 1.54) is 51.4 Å². The summed E-state index contributed by atoms with van der Waals surface area (Å²) in [6.45, 7) is 16.5. The Hall–Kier alpha value is -6.18. The summed E-state index contributed by atoms with van der Waals surface area (Å²) >= 11 is 0. The lowest BCUT2D eigenvalue weighted by Gasteiger charge is -2.60. The van der Waals surface area contributed by atoms with Crippen molar-refractivity contribution < 1.29 is 67.6 Å². The smallest absolute Gasteiger partial charge is 0.586 e. The molecule has 13 rings (SSSR count). The second-order valence-corrected chi connectivity index (χ2v) is 26.9. The molecule has 0 spiro atoms. The summed E-state index contributed by atoms with van der Waals surface area (Å²) in [5, 5.41) is 0. The first-order chi connectivity index (χ1) is 41.0. The zero-order valence-corrected chi connectivity index (χ0v) is 51.1. The van der Waals surface area contributed by atoms with Crippen LogP contribution in [0.25, 0.3) is 6.08 Å². The maximum Gasteiger partial charge on any atom is 0.586 e. The van der Waals surface area contributed by atoms with Crippen molar-refractivity contribution in [1.29, 1.82) is 0 Å². The predicted molar refractivity (Wildman–Crippen MR) is 330 cm³/mol. The molecule has 9 atom stereocenters. The second-order valence-electron chi connectivity index (χ2n) is 26.9. The van der Waals surface area contributed by atoms with Gasteiger partial charge in [-0.1, -0.05) is 156 Å². The van der Waals surface area contributed by atoms with E-state index in [1.807, 2.05) is 106 Å². The topological polar surface area (TPSA) is 193 Å². The van der Waals surface area contributed by atoms with E-state index in [4.69, 9.17) is 37.4 Å². The molecule has 10 aliphatic rings. The van der Waals surface area contributed by atoms with Crippen LogP contribution in [0.3, 0.4) is 0 Å². The SMILES string of the molecule is [CH2+][B-]1(/C=C/c2ccccc2)OC(=O)CN([C@@H](C)C2CCCCC2)CC(=O)O1.[CH2+][B-]1(C2OC2c2ccccc2)OC(=O)CN([C@@H](C)C2CCCCC2)CC(=O)O1.[CH2+][B-]1([C@]2(C)O[C@H]2c2ccccc2)OC(=O)CN(CC2CCC3C[C@H]2C3(C)C)CC(=O)O1.[HH]. The minimum Gasteiger partial charge on any atom is -0.614 e. The Morgan fingerprint density at radius 2 is 1.02 bits per heavy atom. The third kappa shape index (κ3) is 14.7. The molecule has 17 nitrogen and oxygen atoms in total. The molecular weight excluding hydrogens is 1090 g/mol. The zero-order chi connectivity index (χ0) is 61.0. The summed E-state index contributed by atoms with van der Waals surface area (Å²) < 4.78 is 45.2. The lowest BCUT2D eigenvalue weighted by Crippen LogP contribution is -2.60. The molecule has 0 radical (unpaired) electrons. The number of benzene rings is 3. The van der Waals surface area contributed by atoms with Crippen LogP contribution < -0.4 is 0 Å². The minimum absolute atomic E-state index is 0. The number of carbonyl (C=O) groups excluding carboxylic acids is 6. The largest absolute Gasteiger partial charge is 0.614 e. The maximum absolute atomic E-state index is 12.8. The van der Waals surface area contributed by atoms with Crippen molar-refractivity contribution in [3.8, 4) is 0 Å². The monoisotopic (exact) mass is 1180 g/mol. The molecule has 5 aliphatic carbocycles. The van der Waals surface area contributed by atoms with E-state index >= 15 is 0 Å². The molecular formula is C66H90B3N3O14. The van der Waals surface area contributed by atoms with Crippen molar-refractivity contribution in [2.45, 2.75) is 154 Å². The molecule has 0 aromatic heterocycles. The van der Waals surface area contributed by atoms with Gasteiger partial charge in [0.2, 0.25) is 0 Å². The van der Waals surface area contributed by atoms with Crippen LogP contribution in [0.4, 0.5) is 0 Å². The van der Waals surface area contributed by atoms with Gasteiger partial charge in [-0.05, 0) is 131 Å². The van der Waals surface area contributed by atoms with Crippen molar-refractivity contribution in [3.05, 3.63) is 134 Å². The van der Waals surface area contributed by atoms with Crippen molar-refractivity contribution >= 4 is 61.5 Å². The van der Waals surface area contributed by atoms with Gasteiger partial charge in [-0.15, -0.1) is 5.98 Å². The van der Waals surface area contributed by atoms with E-state index in [0.29, 0.717) is 29.1 Å². The van der Waals surface area contributed by atoms with Crippen LogP contribution in [0.2, 0.25) is 0 Å². The average Bonchev–Trinajstić information content (AvgIpc) is 1.52. The first kappa shape index (κ1) is 62.9. The number of ether oxygens (including phenoxy) is 2. The molecule has 20 heteroatoms. The number of carbonyl (C=O) groups is 6. The highest BCUT2D eigenvalue weighted by atomic mass is 16.7. The first-order valence-electron chi connectivity index (χ1n) is 31.8. The van der Waals surface area contributed by atoms with Crippen molar-refractivity contribution in [2.24, 2.45) is 35.0 Å². The molecule has 5 heterocycles. The highest BCUT2D eigenvalue weighted by molar-refractivity contribution is 6.78. The standard InChI is InChI=1S/C24H32BNO5.C21H28BNO5.C21H28BNO4.H2/c1-23(2)18-11-10-17(19(23)12-18)13-26-14-20(27)30-25(4,31-21(28)15-26)24(3)22(29-24)16-8-6-5-7-9-16;1-15(16-9-5-3-6-10-16)23-13-18(24)27-22(2,28-19(25)14-23)21-20(26-21)17-11-7-4-8-12-17;1-17(19-11-7-4-8-12-19)23-15-20(24)26-22(2,27-21(25)16-23)14-13-18-9-5-3-6-10-18;/h5-9,17-19,22H,4,10-15H2,1-3H3;4,7-8,11-12,15-16,20-21H,2-3,5-6,9-10,13-14H2,1H3;3,5-6,9-10,13-14,17,19H,2,4,7-8,11-12,15-16H2,1H3;1H/b;;14-13+;/t17?,18?,19-,22+,24-;15-,20?,21?;17-;/m100./s1. The van der Waals surface area contributed by atoms with Crippen LogP contribution in [-0.4, -0.2) is 140 Å². The number of hydrogen-bond donors (Lipinski definition) is 0. The molecule has 462 valence electrons. The summed E-state index contributed by atoms with van der Waals surface area (Å²) in [7, 11) is 0. The normalized spacial score (nSPS) is 31.0. The summed E-state index contributed by atoms with van der Waals surface area (Å²) in [6, 6.07) is 28.6. The Morgan fingerprint density at radius 1 is 0.570 bits per heavy atom. The molecule has 4 unspecified atom stereocenters. The Labute approximate surface area is 510 Å². The molecule has 5 aliphatic heterocycles. The van der Waals surface area contributed by atoms with Crippen molar-refractivity contribution in [2.75, 3.05) is 45.8 Å². The summed E-state index contributed by atoms with van der Waals surface area (Å²) in [4.78, 5) is 81.4. The van der Waals surface area contributed by atoms with E-state index in [1.54, 1.807) is 19.0 Å². The number of hydrogen-bond acceptors (Lipinski definition) is 17. The van der Waals surface area contributed by atoms with E-state index in [2.05, 4.69) is 48.2 Å². The van der Waals surface area contributed by atoms with Crippen LogP contribution in [-0.2, 0) is 66.2 Å². The third-order valence-corrected chi connectivity index (χ3v) is 20.7. The van der Waals surface area contributed by atoms with E-state index < -0.39 is 67.0 Å². The van der Waals surface area contributed by atoms with Gasteiger partial charge in [0.25, 0.3) is 35.8 Å². The molecule has 5 saturated carbocycles. The average molecular weight is 1180 g/mol. The van der Waals surface area contributed by atoms with Gasteiger partial charge in [0, 0.05) is 20.1 Å². The Bertz CT molecular complexity index is 2850. The van der Waals surface area contributed by atoms with E-state index in [0.717, 1.165) is 61.3 Å². The minimum atomic E-state index is -2.51. The third-order valence-electron chi connectivity index (χ3n) is 20.7. The van der Waals surface area contributed by atoms with Gasteiger partial charge in [0.1, 0.15) is 5.50 Å². The molecule has 0 N–H and O–H groups in total. The molecule has 2 bridgehead atoms. The quantitative estimate of drug-likeness (QED) is 0.0944. The van der Waals surface area contributed by atoms with Crippen molar-refractivity contribution in [3.63, 3.8) is 0 Å². The van der Waals surface area contributed by atoms with Gasteiger partial charge < -0.3 is 37.4 Å². The van der Waals surface area contributed by atoms with E-state index in [-0.39, 0.29) is 65.0 Å². The second kappa shape index (κ2) is 26.3. The fourth-order valence-electron chi connectivity index (χ4n) is 15.1. The first-order valence-corrected chi connectivity index (χ1v) is 31.8. The highest BCUT2D eigenvalue weighted by Gasteiger charge is 2.72. The van der Waals surface area contributed by atoms with Crippen LogP contribution in [0.1, 0.15) is 148 Å². The molecule has 10 fully saturated rings. The van der Waals surface area contributed by atoms with Crippen LogP contribution in [0.5, 0.6) is 0 Å². The summed E-state index contributed by atoms with van der Waals surface area (Å²) in [5.74, 6) is 2.11. The summed E-state index contributed by atoms with van der Waals surface area (Å²) in [5.41, 5.74) is 2.24. The van der Waals surface area contributed by atoms with Crippen LogP contribution in [0, 0.1) is 55.5 Å². The molecule has 0 amide bonds. The fourth-order valence-corrected chi connectivity index (χ4v) is 15.1. The van der Waals surface area contributed by atoms with Gasteiger partial charge in [-0.3, -0.25) is 43.5 Å². The molecule has 5 saturated heterocycles.